The van der Waals surface area contributed by atoms with Crippen LogP contribution in [0.5, 0.6) is 0 Å². The van der Waals surface area contributed by atoms with Gasteiger partial charge in [-0.1, -0.05) is 12.1 Å². The van der Waals surface area contributed by atoms with Crippen molar-refractivity contribution in [1.82, 2.24) is 10.2 Å². The number of carbonyl (C=O) groups excluding carboxylic acids is 2. The van der Waals surface area contributed by atoms with Crippen LogP contribution in [-0.2, 0) is 10.0 Å². The van der Waals surface area contributed by atoms with Crippen molar-refractivity contribution < 1.29 is 18.0 Å². The number of nitrogens with zero attached hydrogens (tertiary/aromatic N) is 1. The Morgan fingerprint density at radius 2 is 1.57 bits per heavy atom. The second kappa shape index (κ2) is 8.43. The molecule has 0 atom stereocenters. The highest BCUT2D eigenvalue weighted by molar-refractivity contribution is 7.92. The zero-order chi connectivity index (χ0) is 20.1. The Bertz CT molecular complexity index is 965. The fourth-order valence-corrected chi connectivity index (χ4v) is 4.24. The van der Waals surface area contributed by atoms with Gasteiger partial charge in [-0.05, 0) is 55.7 Å². The molecule has 1 saturated heterocycles. The molecule has 2 aromatic carbocycles. The predicted octanol–water partition coefficient (Wildman–Crippen LogP) is 2.47. The Balaban J connectivity index is 1.84. The molecule has 1 aliphatic rings. The average molecular weight is 401 g/mol. The Morgan fingerprint density at radius 3 is 2.21 bits per heavy atom. The molecule has 3 rings (SSSR count). The van der Waals surface area contributed by atoms with Gasteiger partial charge < -0.3 is 10.2 Å². The standard InChI is InChI=1S/C20H23N3O4S/c1-21-19(24)15-9-11-16(12-10-15)28(26,27)22-18-8-4-3-7-17(18)20(25)23-13-5-2-6-14-23/h3-4,7-12,22H,2,5-6,13-14H2,1H3,(H,21,24). The van der Waals surface area contributed by atoms with E-state index in [9.17, 15) is 18.0 Å². The predicted molar refractivity (Wildman–Crippen MR) is 107 cm³/mol. The molecule has 28 heavy (non-hydrogen) atoms. The number of para-hydroxylation sites is 1. The summed E-state index contributed by atoms with van der Waals surface area (Å²) in [4.78, 5) is 26.2. The van der Waals surface area contributed by atoms with Crippen molar-refractivity contribution in [2.24, 2.45) is 0 Å². The van der Waals surface area contributed by atoms with Crippen LogP contribution >= 0.6 is 0 Å². The van der Waals surface area contributed by atoms with Crippen LogP contribution in [0.25, 0.3) is 0 Å². The third-order valence-electron chi connectivity index (χ3n) is 4.70. The van der Waals surface area contributed by atoms with E-state index in [1.54, 1.807) is 29.2 Å². The number of hydrogen-bond donors (Lipinski definition) is 2. The fourth-order valence-electron chi connectivity index (χ4n) is 3.16. The summed E-state index contributed by atoms with van der Waals surface area (Å²) in [5.41, 5.74) is 0.936. The zero-order valence-corrected chi connectivity index (χ0v) is 16.5. The molecular weight excluding hydrogens is 378 g/mol. The summed E-state index contributed by atoms with van der Waals surface area (Å²) in [6.07, 6.45) is 3.01. The maximum atomic E-state index is 12.8. The minimum atomic E-state index is -3.90. The van der Waals surface area contributed by atoms with E-state index in [0.29, 0.717) is 24.2 Å². The van der Waals surface area contributed by atoms with Crippen molar-refractivity contribution in [2.45, 2.75) is 24.2 Å². The Kier molecular flexibility index (Phi) is 5.99. The minimum Gasteiger partial charge on any atom is -0.355 e. The summed E-state index contributed by atoms with van der Waals surface area (Å²) in [6, 6.07) is 12.2. The molecular formula is C20H23N3O4S. The van der Waals surface area contributed by atoms with Crippen molar-refractivity contribution in [1.29, 1.82) is 0 Å². The van der Waals surface area contributed by atoms with Crippen LogP contribution in [0.1, 0.15) is 40.0 Å². The van der Waals surface area contributed by atoms with E-state index in [4.69, 9.17) is 0 Å². The lowest BCUT2D eigenvalue weighted by atomic mass is 10.1. The Morgan fingerprint density at radius 1 is 0.929 bits per heavy atom. The van der Waals surface area contributed by atoms with E-state index in [-0.39, 0.29) is 22.4 Å². The molecule has 0 aromatic heterocycles. The molecule has 1 heterocycles. The lowest BCUT2D eigenvalue weighted by Gasteiger charge is -2.27. The van der Waals surface area contributed by atoms with Crippen LogP contribution in [-0.4, -0.2) is 45.3 Å². The fraction of sp³-hybridized carbons (Fsp3) is 0.300. The van der Waals surface area contributed by atoms with Gasteiger partial charge in [0.05, 0.1) is 16.1 Å². The Hall–Kier alpha value is -2.87. The smallest absolute Gasteiger partial charge is 0.261 e. The number of likely N-dealkylation sites (tertiary alicyclic amines) is 1. The minimum absolute atomic E-state index is 0.0142. The van der Waals surface area contributed by atoms with Crippen LogP contribution in [0.15, 0.2) is 53.4 Å². The summed E-state index contributed by atoms with van der Waals surface area (Å²) in [7, 11) is -2.40. The zero-order valence-electron chi connectivity index (χ0n) is 15.6. The molecule has 148 valence electrons. The summed E-state index contributed by atoms with van der Waals surface area (Å²) in [5.74, 6) is -0.470. The van der Waals surface area contributed by atoms with Gasteiger partial charge in [0.2, 0.25) is 0 Å². The molecule has 0 unspecified atom stereocenters. The monoisotopic (exact) mass is 401 g/mol. The van der Waals surface area contributed by atoms with E-state index < -0.39 is 10.0 Å². The lowest BCUT2D eigenvalue weighted by molar-refractivity contribution is 0.0725. The summed E-state index contributed by atoms with van der Waals surface area (Å²) < 4.78 is 28.0. The number of carbonyl (C=O) groups is 2. The van der Waals surface area contributed by atoms with Crippen LogP contribution in [0, 0.1) is 0 Å². The first kappa shape index (κ1) is 19.9. The third-order valence-corrected chi connectivity index (χ3v) is 6.08. The number of nitrogens with one attached hydrogen (secondary N) is 2. The van der Waals surface area contributed by atoms with Gasteiger partial charge in [0.1, 0.15) is 0 Å². The highest BCUT2D eigenvalue weighted by Gasteiger charge is 2.23. The number of amides is 2. The van der Waals surface area contributed by atoms with E-state index in [1.807, 2.05) is 0 Å². The maximum absolute atomic E-state index is 12.8. The van der Waals surface area contributed by atoms with Gasteiger partial charge in [0.15, 0.2) is 0 Å². The highest BCUT2D eigenvalue weighted by atomic mass is 32.2. The van der Waals surface area contributed by atoms with Crippen molar-refractivity contribution in [3.05, 3.63) is 59.7 Å². The SMILES string of the molecule is CNC(=O)c1ccc(S(=O)(=O)Nc2ccccc2C(=O)N2CCCCC2)cc1. The first-order valence-corrected chi connectivity index (χ1v) is 10.6. The molecule has 0 bridgehead atoms. The molecule has 1 fully saturated rings. The largest absolute Gasteiger partial charge is 0.355 e. The molecule has 7 nitrogen and oxygen atoms in total. The van der Waals surface area contributed by atoms with Crippen molar-refractivity contribution in [3.8, 4) is 0 Å². The van der Waals surface area contributed by atoms with Crippen LogP contribution < -0.4 is 10.0 Å². The van der Waals surface area contributed by atoms with Gasteiger partial charge in [-0.25, -0.2) is 8.42 Å². The van der Waals surface area contributed by atoms with Crippen LogP contribution in [0.3, 0.4) is 0 Å². The molecule has 2 amide bonds. The van der Waals surface area contributed by atoms with Crippen molar-refractivity contribution in [3.63, 3.8) is 0 Å². The quantitative estimate of drug-likeness (QED) is 0.805. The van der Waals surface area contributed by atoms with E-state index in [2.05, 4.69) is 10.0 Å². The number of benzene rings is 2. The lowest BCUT2D eigenvalue weighted by Crippen LogP contribution is -2.36. The van der Waals surface area contributed by atoms with Gasteiger partial charge in [-0.2, -0.15) is 0 Å². The van der Waals surface area contributed by atoms with Gasteiger partial charge in [0.25, 0.3) is 21.8 Å². The van der Waals surface area contributed by atoms with Crippen molar-refractivity contribution in [2.75, 3.05) is 24.9 Å². The van der Waals surface area contributed by atoms with Crippen LogP contribution in [0.4, 0.5) is 5.69 Å². The third kappa shape index (κ3) is 4.33. The topological polar surface area (TPSA) is 95.6 Å². The van der Waals surface area contributed by atoms with Gasteiger partial charge in [-0.3, -0.25) is 14.3 Å². The van der Waals surface area contributed by atoms with E-state index >= 15 is 0 Å². The second-order valence-electron chi connectivity index (χ2n) is 6.61. The first-order chi connectivity index (χ1) is 13.4. The van der Waals surface area contributed by atoms with Crippen LogP contribution in [0.2, 0.25) is 0 Å². The van der Waals surface area contributed by atoms with Gasteiger partial charge in [0, 0.05) is 25.7 Å². The van der Waals surface area contributed by atoms with Gasteiger partial charge in [-0.15, -0.1) is 0 Å². The summed E-state index contributed by atoms with van der Waals surface area (Å²) >= 11 is 0. The van der Waals surface area contributed by atoms with Gasteiger partial charge >= 0.3 is 0 Å². The maximum Gasteiger partial charge on any atom is 0.261 e. The molecule has 0 aliphatic carbocycles. The number of hydrogen-bond acceptors (Lipinski definition) is 4. The molecule has 0 saturated carbocycles. The summed E-state index contributed by atoms with van der Waals surface area (Å²) in [5, 5.41) is 2.48. The highest BCUT2D eigenvalue weighted by Crippen LogP contribution is 2.23. The van der Waals surface area contributed by atoms with E-state index in [1.165, 1.54) is 31.3 Å². The van der Waals surface area contributed by atoms with E-state index in [0.717, 1.165) is 19.3 Å². The molecule has 8 heteroatoms. The normalized spacial score (nSPS) is 14.4. The average Bonchev–Trinajstić information content (AvgIpc) is 2.73. The number of rotatable bonds is 5. The second-order valence-corrected chi connectivity index (χ2v) is 8.29. The molecule has 2 N–H and O–H groups in total. The molecule has 0 spiro atoms. The number of piperidine rings is 1. The van der Waals surface area contributed by atoms with Crippen molar-refractivity contribution >= 4 is 27.5 Å². The molecule has 2 aromatic rings. The first-order valence-electron chi connectivity index (χ1n) is 9.15. The molecule has 1 aliphatic heterocycles. The number of sulfonamides is 1. The molecule has 0 radical (unpaired) electrons. The summed E-state index contributed by atoms with van der Waals surface area (Å²) in [6.45, 7) is 1.36. The number of anilines is 1. The Labute approximate surface area is 164 Å².